The molecule has 7 nitrogen and oxygen atoms in total. The average Bonchev–Trinajstić information content (AvgIpc) is 3.03. The number of hydrogen-bond acceptors (Lipinski definition) is 4. The maximum atomic E-state index is 13.2. The van der Waals surface area contributed by atoms with E-state index in [2.05, 4.69) is 0 Å². The lowest BCUT2D eigenvalue weighted by atomic mass is 10.0. The van der Waals surface area contributed by atoms with Crippen LogP contribution in [0.5, 0.6) is 0 Å². The number of rotatable bonds is 2. The first-order chi connectivity index (χ1) is 13.5. The lowest BCUT2D eigenvalue weighted by molar-refractivity contribution is 0.0669. The highest BCUT2D eigenvalue weighted by molar-refractivity contribution is 6.04. The molecule has 2 aromatic carbocycles. The number of carboxylic acid groups (broad SMARTS) is 1. The zero-order valence-electron chi connectivity index (χ0n) is 15.4. The number of ether oxygens (including phenoxy) is 1. The van der Waals surface area contributed by atoms with Gasteiger partial charge < -0.3 is 14.7 Å². The monoisotopic (exact) mass is 380 g/mol. The van der Waals surface area contributed by atoms with Gasteiger partial charge in [-0.05, 0) is 42.7 Å². The van der Waals surface area contributed by atoms with E-state index < -0.39 is 5.97 Å². The third-order valence-corrected chi connectivity index (χ3v) is 5.23. The van der Waals surface area contributed by atoms with E-state index in [0.29, 0.717) is 19.5 Å². The van der Waals surface area contributed by atoms with Crippen LogP contribution in [-0.2, 0) is 11.3 Å². The van der Waals surface area contributed by atoms with E-state index in [-0.39, 0.29) is 35.8 Å². The van der Waals surface area contributed by atoms with Gasteiger partial charge in [-0.3, -0.25) is 9.69 Å². The zero-order chi connectivity index (χ0) is 19.8. The molecule has 7 heteroatoms. The second-order valence-electron chi connectivity index (χ2n) is 7.10. The number of amides is 2. The summed E-state index contributed by atoms with van der Waals surface area (Å²) < 4.78 is 5.24. The molecule has 0 aromatic heterocycles. The minimum atomic E-state index is -1.13. The number of carbonyl (C=O) groups is 3. The normalized spacial score (nSPS) is 18.6. The fourth-order valence-corrected chi connectivity index (χ4v) is 3.79. The van der Waals surface area contributed by atoms with Gasteiger partial charge in [0.2, 0.25) is 0 Å². The highest BCUT2D eigenvalue weighted by atomic mass is 16.6. The molecule has 2 aliphatic rings. The summed E-state index contributed by atoms with van der Waals surface area (Å²) in [7, 11) is 0. The van der Waals surface area contributed by atoms with Gasteiger partial charge in [0.1, 0.15) is 6.61 Å². The van der Waals surface area contributed by atoms with E-state index in [1.54, 1.807) is 21.9 Å². The summed E-state index contributed by atoms with van der Waals surface area (Å²) in [6.07, 6.45) is 0.188. The van der Waals surface area contributed by atoms with Gasteiger partial charge in [-0.2, -0.15) is 0 Å². The molecule has 1 fully saturated rings. The van der Waals surface area contributed by atoms with Crippen molar-refractivity contribution in [2.75, 3.05) is 18.1 Å². The predicted molar refractivity (Wildman–Crippen MR) is 102 cm³/mol. The molecule has 2 amide bonds. The van der Waals surface area contributed by atoms with Crippen LogP contribution in [0, 0.1) is 6.92 Å². The van der Waals surface area contributed by atoms with Gasteiger partial charge in [0.25, 0.3) is 5.91 Å². The Bertz CT molecular complexity index is 971. The lowest BCUT2D eigenvalue weighted by Crippen LogP contribution is -2.42. The first-order valence-electron chi connectivity index (χ1n) is 9.13. The van der Waals surface area contributed by atoms with Gasteiger partial charge >= 0.3 is 12.1 Å². The number of nitrogens with zero attached hydrogens (tertiary/aromatic N) is 2. The number of anilines is 1. The molecule has 0 saturated carbocycles. The molecule has 1 N–H and O–H groups in total. The summed E-state index contributed by atoms with van der Waals surface area (Å²) in [4.78, 5) is 40.3. The SMILES string of the molecule is Cc1ccc2c(c1)N1C(=O)OC[C@@H]1CCN(C(=O)c1ccccc1C(=O)O)C2. The predicted octanol–water partition coefficient (Wildman–Crippen LogP) is 3.06. The molecular weight excluding hydrogens is 360 g/mol. The Morgan fingerprint density at radius 2 is 1.89 bits per heavy atom. The summed E-state index contributed by atoms with van der Waals surface area (Å²) in [5.74, 6) is -1.46. The lowest BCUT2D eigenvalue weighted by Gasteiger charge is -2.32. The molecule has 1 saturated heterocycles. The maximum Gasteiger partial charge on any atom is 0.414 e. The van der Waals surface area contributed by atoms with Gasteiger partial charge in [0, 0.05) is 13.1 Å². The van der Waals surface area contributed by atoms with Gasteiger partial charge in [-0.25, -0.2) is 9.59 Å². The van der Waals surface area contributed by atoms with Crippen LogP contribution in [0.3, 0.4) is 0 Å². The van der Waals surface area contributed by atoms with Crippen molar-refractivity contribution >= 4 is 23.7 Å². The highest BCUT2D eigenvalue weighted by Crippen LogP contribution is 2.33. The number of aryl methyl sites for hydroxylation is 1. The van der Waals surface area contributed by atoms with Crippen LogP contribution in [0.15, 0.2) is 42.5 Å². The fourth-order valence-electron chi connectivity index (χ4n) is 3.79. The van der Waals surface area contributed by atoms with Crippen LogP contribution < -0.4 is 4.90 Å². The number of carbonyl (C=O) groups excluding carboxylic acids is 2. The van der Waals surface area contributed by atoms with Crippen molar-refractivity contribution in [3.05, 3.63) is 64.7 Å². The van der Waals surface area contributed by atoms with Crippen molar-refractivity contribution in [3.63, 3.8) is 0 Å². The minimum Gasteiger partial charge on any atom is -0.478 e. The molecule has 0 aliphatic carbocycles. The third-order valence-electron chi connectivity index (χ3n) is 5.23. The number of carboxylic acids is 1. The molecule has 4 rings (SSSR count). The number of benzene rings is 2. The van der Waals surface area contributed by atoms with Crippen LogP contribution in [0.2, 0.25) is 0 Å². The Balaban J connectivity index is 1.73. The topological polar surface area (TPSA) is 87.2 Å². The largest absolute Gasteiger partial charge is 0.478 e. The number of aromatic carboxylic acids is 1. The van der Waals surface area contributed by atoms with E-state index in [1.165, 1.54) is 12.1 Å². The smallest absolute Gasteiger partial charge is 0.414 e. The van der Waals surface area contributed by atoms with Crippen molar-refractivity contribution in [2.45, 2.75) is 25.9 Å². The Morgan fingerprint density at radius 3 is 2.64 bits per heavy atom. The molecule has 0 radical (unpaired) electrons. The average molecular weight is 380 g/mol. The molecule has 0 bridgehead atoms. The van der Waals surface area contributed by atoms with Crippen molar-refractivity contribution in [1.82, 2.24) is 4.90 Å². The molecule has 28 heavy (non-hydrogen) atoms. The van der Waals surface area contributed by atoms with Gasteiger partial charge in [0.05, 0.1) is 22.9 Å². The summed E-state index contributed by atoms with van der Waals surface area (Å²) >= 11 is 0. The Labute approximate surface area is 162 Å². The molecular formula is C21H20N2O5. The van der Waals surface area contributed by atoms with Gasteiger partial charge in [-0.1, -0.05) is 24.3 Å². The van der Waals surface area contributed by atoms with Crippen molar-refractivity contribution in [1.29, 1.82) is 0 Å². The molecule has 144 valence electrons. The maximum absolute atomic E-state index is 13.2. The fraction of sp³-hybridized carbons (Fsp3) is 0.286. The van der Waals surface area contributed by atoms with Crippen LogP contribution in [0.25, 0.3) is 0 Å². The first kappa shape index (κ1) is 18.0. The van der Waals surface area contributed by atoms with Crippen LogP contribution >= 0.6 is 0 Å². The van der Waals surface area contributed by atoms with Gasteiger partial charge in [-0.15, -0.1) is 0 Å². The Hall–Kier alpha value is -3.35. The highest BCUT2D eigenvalue weighted by Gasteiger charge is 2.38. The van der Waals surface area contributed by atoms with Crippen molar-refractivity contribution < 1.29 is 24.2 Å². The van der Waals surface area contributed by atoms with Crippen molar-refractivity contribution in [3.8, 4) is 0 Å². The Morgan fingerprint density at radius 1 is 1.14 bits per heavy atom. The standard InChI is InChI=1S/C21H20N2O5/c1-13-6-7-14-11-22(19(24)16-4-2-3-5-17(16)20(25)26)9-8-15-12-28-21(27)23(15)18(14)10-13/h2-7,10,15H,8-9,11-12H2,1H3,(H,25,26)/t15-/m0/s1. The van der Waals surface area contributed by atoms with E-state index in [1.807, 2.05) is 25.1 Å². The summed E-state index contributed by atoms with van der Waals surface area (Å²) in [5, 5.41) is 9.42. The van der Waals surface area contributed by atoms with E-state index in [9.17, 15) is 19.5 Å². The quantitative estimate of drug-likeness (QED) is 0.865. The summed E-state index contributed by atoms with van der Waals surface area (Å²) in [6, 6.07) is 11.8. The van der Waals surface area contributed by atoms with E-state index in [0.717, 1.165) is 16.8 Å². The number of cyclic esters (lactones) is 1. The third kappa shape index (κ3) is 3.09. The summed E-state index contributed by atoms with van der Waals surface area (Å²) in [6.45, 7) is 2.91. The molecule has 0 unspecified atom stereocenters. The van der Waals surface area contributed by atoms with E-state index >= 15 is 0 Å². The second-order valence-corrected chi connectivity index (χ2v) is 7.10. The number of hydrogen-bond donors (Lipinski definition) is 1. The van der Waals surface area contributed by atoms with Crippen molar-refractivity contribution in [2.24, 2.45) is 0 Å². The van der Waals surface area contributed by atoms with Crippen LogP contribution in [0.4, 0.5) is 10.5 Å². The molecule has 1 atom stereocenters. The molecule has 2 aliphatic heterocycles. The van der Waals surface area contributed by atoms with E-state index in [4.69, 9.17) is 4.74 Å². The molecule has 2 aromatic rings. The second kappa shape index (κ2) is 6.99. The van der Waals surface area contributed by atoms with Crippen LogP contribution in [0.1, 0.15) is 38.3 Å². The van der Waals surface area contributed by atoms with Crippen LogP contribution in [-0.4, -0.2) is 47.2 Å². The molecule has 0 spiro atoms. The zero-order valence-corrected chi connectivity index (χ0v) is 15.4. The summed E-state index contributed by atoms with van der Waals surface area (Å²) in [5.41, 5.74) is 2.73. The number of fused-ring (bicyclic) bond motifs is 3. The Kier molecular flexibility index (Phi) is 4.50. The minimum absolute atomic E-state index is 0.0142. The van der Waals surface area contributed by atoms with Gasteiger partial charge in [0.15, 0.2) is 0 Å². The first-order valence-corrected chi connectivity index (χ1v) is 9.13. The molecule has 2 heterocycles.